The van der Waals surface area contributed by atoms with Crippen LogP contribution in [-0.4, -0.2) is 67.0 Å². The van der Waals surface area contributed by atoms with Crippen LogP contribution in [0.2, 0.25) is 0 Å². The van der Waals surface area contributed by atoms with Crippen molar-refractivity contribution in [1.29, 1.82) is 0 Å². The van der Waals surface area contributed by atoms with Crippen LogP contribution in [-0.2, 0) is 19.1 Å². The van der Waals surface area contributed by atoms with Crippen molar-refractivity contribution in [3.05, 3.63) is 156 Å². The molecule has 0 unspecified atom stereocenters. The van der Waals surface area contributed by atoms with Crippen LogP contribution in [0.5, 0.6) is 0 Å². The van der Waals surface area contributed by atoms with Gasteiger partial charge in [-0.3, -0.25) is 9.59 Å². The normalized spacial score (nSPS) is 26.0. The van der Waals surface area contributed by atoms with Crippen molar-refractivity contribution in [2.45, 2.75) is 285 Å². The summed E-state index contributed by atoms with van der Waals surface area (Å²) in [5.74, 6) is -0.480. The van der Waals surface area contributed by atoms with Crippen molar-refractivity contribution in [1.82, 2.24) is 0 Å². The van der Waals surface area contributed by atoms with Gasteiger partial charge in [-0.1, -0.05) is 262 Å². The minimum atomic E-state index is -1.55. The first-order valence-corrected chi connectivity index (χ1v) is 31.8. The highest BCUT2D eigenvalue weighted by Gasteiger charge is 2.60. The summed E-state index contributed by atoms with van der Waals surface area (Å²) in [6.45, 7) is 23.3. The molecule has 8 nitrogen and oxygen atoms in total. The molecule has 0 saturated heterocycles. The summed E-state index contributed by atoms with van der Waals surface area (Å²) in [4.78, 5) is 25.7. The minimum Gasteiger partial charge on any atom is -0.462 e. The molecule has 460 valence electrons. The van der Waals surface area contributed by atoms with Crippen LogP contribution in [0.25, 0.3) is 0 Å². The van der Waals surface area contributed by atoms with E-state index in [1.165, 1.54) is 64.2 Å². The first-order chi connectivity index (χ1) is 38.8. The molecule has 0 aromatic heterocycles. The molecule has 2 aliphatic rings. The van der Waals surface area contributed by atoms with Crippen molar-refractivity contribution in [3.63, 3.8) is 0 Å². The predicted molar refractivity (Wildman–Crippen MR) is 347 cm³/mol. The van der Waals surface area contributed by atoms with Crippen LogP contribution >= 0.6 is 0 Å². The molecule has 0 aromatic rings. The van der Waals surface area contributed by atoms with E-state index >= 15 is 0 Å². The third kappa shape index (κ3) is 27.9. The quantitative estimate of drug-likeness (QED) is 0.0208. The predicted octanol–water partition coefficient (Wildman–Crippen LogP) is 18.8. The molecule has 0 spiro atoms. The number of esters is 2. The monoisotopic (exact) mass is 1130 g/mol. The summed E-state index contributed by atoms with van der Waals surface area (Å²) in [7, 11) is 0. The molecule has 82 heavy (non-hydrogen) atoms. The Balaban J connectivity index is 1.81. The fourth-order valence-corrected chi connectivity index (χ4v) is 11.5. The Bertz CT molecular complexity index is 2240. The van der Waals surface area contributed by atoms with Gasteiger partial charge in [0.05, 0.1) is 11.2 Å². The Hall–Kier alpha value is -4.60. The highest BCUT2D eigenvalue weighted by atomic mass is 16.5. The van der Waals surface area contributed by atoms with E-state index in [0.717, 1.165) is 86.5 Å². The first-order valence-electron chi connectivity index (χ1n) is 31.8. The molecule has 0 aliphatic heterocycles. The second kappa shape index (κ2) is 39.1. The number of hydrogen-bond acceptors (Lipinski definition) is 8. The molecule has 4 N–H and O–H groups in total. The van der Waals surface area contributed by atoms with Crippen molar-refractivity contribution >= 4 is 11.9 Å². The second-order valence-corrected chi connectivity index (χ2v) is 25.5. The van der Waals surface area contributed by atoms with Gasteiger partial charge in [0.15, 0.2) is 0 Å². The summed E-state index contributed by atoms with van der Waals surface area (Å²) in [6, 6.07) is 0. The number of ether oxygens (including phenoxy) is 2. The zero-order valence-corrected chi connectivity index (χ0v) is 53.7. The first kappa shape index (κ1) is 73.5. The molecule has 8 heteroatoms. The number of aliphatic hydroxyl groups is 4. The lowest BCUT2D eigenvalue weighted by Crippen LogP contribution is -2.65. The zero-order chi connectivity index (χ0) is 61.0. The number of hydrogen-bond donors (Lipinski definition) is 4. The molecule has 0 aromatic carbocycles. The molecule has 6 atom stereocenters. The third-order valence-electron chi connectivity index (χ3n) is 16.7. The standard InChI is InChI=1S/C74H116O8/c1-13-15-17-19-21-23-25-27-28-30-32-34-36-38-40-52-68(76)82-66-58-70(9,10)74(80,72(12,78)60-66)56-54-64(6)50-44-48-62(4)46-42-41-45-61(3)47-43-49-63(5)53-55-73(79)69(7,8)57-65(59-71(73,11)77)81-67(75)51-39-37-35-33-31-29-26-24-22-20-18-16-14-2/h15,17,21,23,27-28,32,34,41-50,53-56,65-66,77-80H,13-14,16,18-20,22,24-26,29-31,33,35-40,51-52,57-60H2,1-12H3/b17-15-,23-21-,28-27-,34-32-,42-41+,47-43+,48-44+,55-53+,56-54+,61-45+,62-46+,63-49+,64-50+/t65-,66-,71+,72+,73+,74+/m0/s1. The van der Waals surface area contributed by atoms with Crippen LogP contribution in [0.3, 0.4) is 0 Å². The van der Waals surface area contributed by atoms with Crippen molar-refractivity contribution in [2.75, 3.05) is 0 Å². The summed E-state index contributed by atoms with van der Waals surface area (Å²) in [5, 5.41) is 47.4. The van der Waals surface area contributed by atoms with E-state index in [1.807, 2.05) is 128 Å². The number of carbonyl (C=O) groups is 2. The Labute approximate surface area is 500 Å². The average molecular weight is 1130 g/mol. The van der Waals surface area contributed by atoms with Gasteiger partial charge in [-0.2, -0.15) is 0 Å². The van der Waals surface area contributed by atoms with Gasteiger partial charge in [0.25, 0.3) is 0 Å². The Morgan fingerprint density at radius 3 is 1.12 bits per heavy atom. The lowest BCUT2D eigenvalue weighted by Gasteiger charge is -2.55. The van der Waals surface area contributed by atoms with E-state index < -0.39 is 45.4 Å². The Morgan fingerprint density at radius 1 is 0.415 bits per heavy atom. The molecule has 2 fully saturated rings. The topological polar surface area (TPSA) is 134 Å². The zero-order valence-electron chi connectivity index (χ0n) is 53.7. The molecule has 2 rings (SSSR count). The van der Waals surface area contributed by atoms with E-state index in [2.05, 4.69) is 62.5 Å². The molecule has 0 heterocycles. The van der Waals surface area contributed by atoms with E-state index in [0.29, 0.717) is 25.7 Å². The fraction of sp³-hybridized carbons (Fsp3) is 0.622. The van der Waals surface area contributed by atoms with Gasteiger partial charge in [0.1, 0.15) is 23.4 Å². The van der Waals surface area contributed by atoms with Gasteiger partial charge >= 0.3 is 11.9 Å². The lowest BCUT2D eigenvalue weighted by molar-refractivity contribution is -0.223. The number of unbranched alkanes of at least 4 members (excludes halogenated alkanes) is 14. The maximum Gasteiger partial charge on any atom is 0.306 e. The lowest BCUT2D eigenvalue weighted by atomic mass is 9.57. The highest BCUT2D eigenvalue weighted by Crippen LogP contribution is 2.52. The second-order valence-electron chi connectivity index (χ2n) is 25.5. The highest BCUT2D eigenvalue weighted by molar-refractivity contribution is 5.70. The maximum absolute atomic E-state index is 12.8. The van der Waals surface area contributed by atoms with Gasteiger partial charge in [-0.25, -0.2) is 0 Å². The van der Waals surface area contributed by atoms with E-state index in [1.54, 1.807) is 26.0 Å². The van der Waals surface area contributed by atoms with Gasteiger partial charge in [0.2, 0.25) is 0 Å². The molecule has 0 amide bonds. The number of carbonyl (C=O) groups excluding carboxylic acids is 2. The van der Waals surface area contributed by atoms with E-state index in [-0.39, 0.29) is 24.8 Å². The van der Waals surface area contributed by atoms with Crippen LogP contribution in [0.15, 0.2) is 156 Å². The number of rotatable bonds is 38. The van der Waals surface area contributed by atoms with Crippen LogP contribution < -0.4 is 0 Å². The third-order valence-corrected chi connectivity index (χ3v) is 16.7. The summed E-state index contributed by atoms with van der Waals surface area (Å²) < 4.78 is 11.8. The minimum absolute atomic E-state index is 0.143. The molecule has 0 bridgehead atoms. The molecular weight excluding hydrogens is 1020 g/mol. The Kier molecular flexibility index (Phi) is 35.0. The van der Waals surface area contributed by atoms with Gasteiger partial charge in [-0.15, -0.1) is 0 Å². The van der Waals surface area contributed by atoms with Crippen molar-refractivity contribution < 1.29 is 39.5 Å². The van der Waals surface area contributed by atoms with Gasteiger partial charge < -0.3 is 29.9 Å². The van der Waals surface area contributed by atoms with Crippen molar-refractivity contribution in [3.8, 4) is 0 Å². The summed E-state index contributed by atoms with van der Waals surface area (Å²) in [6.07, 6.45) is 68.2. The SMILES string of the molecule is CC/C=C\C/C=C\C/C=C\C/C=C\CCCCC(=O)O[C@H]1CC(C)(C)[C@](O)(/C=C/C(C)=C/C=C/C(C)=C/C=C/C=C(C)/C=C/C=C(C)/C=C/[C@@]2(O)C(C)(C)C[C@H](OC(=O)CCCCCCCCCCCCCCC)C[C@@]2(C)O)[C@](C)(O)C1. The summed E-state index contributed by atoms with van der Waals surface area (Å²) >= 11 is 0. The van der Waals surface area contributed by atoms with E-state index in [4.69, 9.17) is 9.47 Å². The molecule has 2 aliphatic carbocycles. The number of allylic oxidation sites excluding steroid dienone is 24. The van der Waals surface area contributed by atoms with Crippen LogP contribution in [0.1, 0.15) is 250 Å². The van der Waals surface area contributed by atoms with Gasteiger partial charge in [-0.05, 0) is 118 Å². The van der Waals surface area contributed by atoms with Crippen LogP contribution in [0, 0.1) is 10.8 Å². The molecular formula is C74H116O8. The molecule has 2 saturated carbocycles. The maximum atomic E-state index is 12.8. The summed E-state index contributed by atoms with van der Waals surface area (Å²) in [5.41, 5.74) is -3.69. The smallest absolute Gasteiger partial charge is 0.306 e. The molecule has 0 radical (unpaired) electrons. The fourth-order valence-electron chi connectivity index (χ4n) is 11.5. The Morgan fingerprint density at radius 2 is 0.744 bits per heavy atom. The van der Waals surface area contributed by atoms with Crippen LogP contribution in [0.4, 0.5) is 0 Å². The van der Waals surface area contributed by atoms with E-state index in [9.17, 15) is 30.0 Å². The average Bonchev–Trinajstić information content (AvgIpc) is 2.38. The van der Waals surface area contributed by atoms with Gasteiger partial charge in [0, 0.05) is 36.5 Å². The largest absolute Gasteiger partial charge is 0.462 e. The van der Waals surface area contributed by atoms with Crippen molar-refractivity contribution in [2.24, 2.45) is 10.8 Å².